The number of hydrogen-bond acceptors (Lipinski definition) is 5. The topological polar surface area (TPSA) is 105 Å². The standard InChI is InChI=1S/C29H42N2O5/c1-28(2,3)24-19-36-27(35)23(17-21-11-5-4-6-12-21)14-8-7-13-22(26(34)30-24)18-25(33)31-29(20-32)15-9-10-16-29/h4-8,11-12,22-24,32H,9-10,13-20H2,1-3H3,(H,30,34)(H,31,33)/t22-,23-,24-/m1/s1. The minimum atomic E-state index is -0.568. The van der Waals surface area contributed by atoms with Crippen molar-refractivity contribution < 1.29 is 24.2 Å². The number of allylic oxidation sites excluding steroid dienone is 2. The molecule has 0 bridgehead atoms. The van der Waals surface area contributed by atoms with Gasteiger partial charge >= 0.3 is 5.97 Å². The van der Waals surface area contributed by atoms with Crippen LogP contribution < -0.4 is 10.6 Å². The number of nitrogens with one attached hydrogen (secondary N) is 2. The number of amides is 2. The van der Waals surface area contributed by atoms with Gasteiger partial charge in [0, 0.05) is 6.42 Å². The van der Waals surface area contributed by atoms with Crippen LogP contribution in [0.2, 0.25) is 0 Å². The lowest BCUT2D eigenvalue weighted by molar-refractivity contribution is -0.151. The van der Waals surface area contributed by atoms with Gasteiger partial charge in [-0.15, -0.1) is 0 Å². The molecule has 0 unspecified atom stereocenters. The first kappa shape index (κ1) is 27.9. The number of benzene rings is 1. The normalized spacial score (nSPS) is 25.3. The van der Waals surface area contributed by atoms with E-state index in [4.69, 9.17) is 4.74 Å². The van der Waals surface area contributed by atoms with E-state index in [1.807, 2.05) is 63.3 Å². The molecule has 1 aliphatic carbocycles. The molecule has 2 aliphatic rings. The van der Waals surface area contributed by atoms with E-state index in [9.17, 15) is 19.5 Å². The molecule has 0 radical (unpaired) electrons. The monoisotopic (exact) mass is 498 g/mol. The number of carbonyl (C=O) groups is 3. The fourth-order valence-electron chi connectivity index (χ4n) is 4.99. The molecule has 1 aromatic carbocycles. The molecule has 1 aromatic rings. The van der Waals surface area contributed by atoms with E-state index in [0.29, 0.717) is 19.3 Å². The third-order valence-electron chi connectivity index (χ3n) is 7.49. The summed E-state index contributed by atoms with van der Waals surface area (Å²) in [6, 6.07) is 9.48. The molecular formula is C29H42N2O5. The van der Waals surface area contributed by atoms with E-state index < -0.39 is 11.5 Å². The fraction of sp³-hybridized carbons (Fsp3) is 0.621. The Morgan fingerprint density at radius 1 is 1.08 bits per heavy atom. The summed E-state index contributed by atoms with van der Waals surface area (Å²) in [6.45, 7) is 5.97. The predicted octanol–water partition coefficient (Wildman–Crippen LogP) is 3.70. The SMILES string of the molecule is CC(C)(C)[C@H]1COC(=O)[C@@H](Cc2ccccc2)CC=CC[C@H](CC(=O)NC2(CO)CCCC2)C(=O)N1. The molecule has 0 aromatic heterocycles. The zero-order chi connectivity index (χ0) is 26.2. The van der Waals surface area contributed by atoms with Gasteiger partial charge in [-0.25, -0.2) is 0 Å². The van der Waals surface area contributed by atoms with E-state index in [1.165, 1.54) is 0 Å². The van der Waals surface area contributed by atoms with Crippen LogP contribution in [0.3, 0.4) is 0 Å². The van der Waals surface area contributed by atoms with Crippen LogP contribution in [0.15, 0.2) is 42.5 Å². The molecule has 2 amide bonds. The van der Waals surface area contributed by atoms with E-state index in [-0.39, 0.29) is 54.8 Å². The Bertz CT molecular complexity index is 915. The molecule has 1 saturated carbocycles. The molecule has 1 heterocycles. The van der Waals surface area contributed by atoms with Crippen LogP contribution >= 0.6 is 0 Å². The number of hydrogen-bond donors (Lipinski definition) is 3. The molecule has 7 heteroatoms. The fourth-order valence-corrected chi connectivity index (χ4v) is 4.99. The van der Waals surface area contributed by atoms with Crippen molar-refractivity contribution in [3.63, 3.8) is 0 Å². The molecular weight excluding hydrogens is 456 g/mol. The lowest BCUT2D eigenvalue weighted by Crippen LogP contribution is -2.52. The number of aliphatic hydroxyl groups is 1. The highest BCUT2D eigenvalue weighted by Crippen LogP contribution is 2.30. The van der Waals surface area contributed by atoms with Crippen molar-refractivity contribution in [2.24, 2.45) is 17.3 Å². The van der Waals surface area contributed by atoms with Gasteiger partial charge in [0.15, 0.2) is 0 Å². The quantitative estimate of drug-likeness (QED) is 0.410. The lowest BCUT2D eigenvalue weighted by Gasteiger charge is -2.33. The molecule has 1 fully saturated rings. The highest BCUT2D eigenvalue weighted by Gasteiger charge is 2.36. The first-order chi connectivity index (χ1) is 17.1. The summed E-state index contributed by atoms with van der Waals surface area (Å²) >= 11 is 0. The predicted molar refractivity (Wildman–Crippen MR) is 139 cm³/mol. The number of carbonyl (C=O) groups excluding carboxylic acids is 3. The Morgan fingerprint density at radius 2 is 1.72 bits per heavy atom. The van der Waals surface area contributed by atoms with Crippen LogP contribution in [-0.2, 0) is 25.5 Å². The third-order valence-corrected chi connectivity index (χ3v) is 7.49. The van der Waals surface area contributed by atoms with Crippen molar-refractivity contribution in [1.82, 2.24) is 10.6 Å². The number of ether oxygens (including phenoxy) is 1. The molecule has 0 saturated heterocycles. The van der Waals surface area contributed by atoms with Gasteiger partial charge in [-0.3, -0.25) is 14.4 Å². The van der Waals surface area contributed by atoms with Gasteiger partial charge in [0.2, 0.25) is 11.8 Å². The summed E-state index contributed by atoms with van der Waals surface area (Å²) in [7, 11) is 0. The van der Waals surface area contributed by atoms with Crippen LogP contribution in [0.1, 0.15) is 71.3 Å². The van der Waals surface area contributed by atoms with Gasteiger partial charge in [-0.1, -0.05) is 76.1 Å². The van der Waals surface area contributed by atoms with E-state index in [2.05, 4.69) is 10.6 Å². The van der Waals surface area contributed by atoms with Crippen molar-refractivity contribution in [1.29, 1.82) is 0 Å². The maximum atomic E-state index is 13.3. The van der Waals surface area contributed by atoms with E-state index >= 15 is 0 Å². The van der Waals surface area contributed by atoms with E-state index in [0.717, 1.165) is 31.2 Å². The summed E-state index contributed by atoms with van der Waals surface area (Å²) < 4.78 is 5.73. The van der Waals surface area contributed by atoms with Crippen LogP contribution in [-0.4, -0.2) is 47.7 Å². The first-order valence-electron chi connectivity index (χ1n) is 13.2. The highest BCUT2D eigenvalue weighted by atomic mass is 16.5. The van der Waals surface area contributed by atoms with Gasteiger partial charge in [-0.05, 0) is 43.1 Å². The molecule has 36 heavy (non-hydrogen) atoms. The Kier molecular flexibility index (Phi) is 9.71. The van der Waals surface area contributed by atoms with Gasteiger partial charge in [0.25, 0.3) is 0 Å². The van der Waals surface area contributed by atoms with Crippen molar-refractivity contribution in [3.8, 4) is 0 Å². The van der Waals surface area contributed by atoms with Crippen LogP contribution in [0, 0.1) is 17.3 Å². The van der Waals surface area contributed by atoms with Crippen molar-refractivity contribution >= 4 is 17.8 Å². The second-order valence-electron chi connectivity index (χ2n) is 11.5. The lowest BCUT2D eigenvalue weighted by atomic mass is 9.86. The zero-order valence-electron chi connectivity index (χ0n) is 21.9. The average Bonchev–Trinajstić information content (AvgIpc) is 3.30. The smallest absolute Gasteiger partial charge is 0.309 e. The van der Waals surface area contributed by atoms with Crippen LogP contribution in [0.5, 0.6) is 0 Å². The number of esters is 1. The van der Waals surface area contributed by atoms with Gasteiger partial charge < -0.3 is 20.5 Å². The second kappa shape index (κ2) is 12.5. The van der Waals surface area contributed by atoms with E-state index in [1.54, 1.807) is 0 Å². The van der Waals surface area contributed by atoms with Crippen LogP contribution in [0.25, 0.3) is 0 Å². The number of aliphatic hydroxyl groups excluding tert-OH is 1. The van der Waals surface area contributed by atoms with Crippen molar-refractivity contribution in [2.75, 3.05) is 13.2 Å². The molecule has 1 aliphatic heterocycles. The zero-order valence-corrected chi connectivity index (χ0v) is 21.9. The summed E-state index contributed by atoms with van der Waals surface area (Å²) in [6.07, 6.45) is 8.80. The second-order valence-corrected chi connectivity index (χ2v) is 11.5. The minimum Gasteiger partial charge on any atom is -0.463 e. The molecule has 0 spiro atoms. The molecule has 198 valence electrons. The summed E-state index contributed by atoms with van der Waals surface area (Å²) in [5.41, 5.74) is 0.157. The average molecular weight is 499 g/mol. The Labute approximate surface area is 215 Å². The van der Waals surface area contributed by atoms with Gasteiger partial charge in [0.1, 0.15) is 6.61 Å². The Morgan fingerprint density at radius 3 is 2.33 bits per heavy atom. The molecule has 7 nitrogen and oxygen atoms in total. The van der Waals surface area contributed by atoms with Crippen molar-refractivity contribution in [3.05, 3.63) is 48.0 Å². The third kappa shape index (κ3) is 7.92. The number of rotatable bonds is 6. The first-order valence-corrected chi connectivity index (χ1v) is 13.2. The highest BCUT2D eigenvalue weighted by molar-refractivity contribution is 5.86. The van der Waals surface area contributed by atoms with Crippen molar-refractivity contribution in [2.45, 2.75) is 83.7 Å². The van der Waals surface area contributed by atoms with Crippen LogP contribution in [0.4, 0.5) is 0 Å². The number of cyclic esters (lactones) is 1. The maximum absolute atomic E-state index is 13.3. The molecule has 3 atom stereocenters. The minimum absolute atomic E-state index is 0.0437. The summed E-state index contributed by atoms with van der Waals surface area (Å²) in [4.78, 5) is 39.2. The summed E-state index contributed by atoms with van der Waals surface area (Å²) in [5, 5.41) is 15.9. The largest absolute Gasteiger partial charge is 0.463 e. The molecule has 3 N–H and O–H groups in total. The summed E-state index contributed by atoms with van der Waals surface area (Å²) in [5.74, 6) is -1.59. The Balaban J connectivity index is 1.76. The maximum Gasteiger partial charge on any atom is 0.309 e. The molecule has 3 rings (SSSR count). The van der Waals surface area contributed by atoms with Gasteiger partial charge in [0.05, 0.1) is 30.0 Å². The van der Waals surface area contributed by atoms with Gasteiger partial charge in [-0.2, -0.15) is 0 Å². The Hall–Kier alpha value is -2.67.